The Bertz CT molecular complexity index is 562. The van der Waals surface area contributed by atoms with Gasteiger partial charge in [-0.15, -0.1) is 5.06 Å². The summed E-state index contributed by atoms with van der Waals surface area (Å²) in [7, 11) is 3.58. The van der Waals surface area contributed by atoms with Gasteiger partial charge in [0, 0.05) is 32.9 Å². The Morgan fingerprint density at radius 1 is 1.07 bits per heavy atom. The van der Waals surface area contributed by atoms with Gasteiger partial charge in [0.1, 0.15) is 0 Å². The van der Waals surface area contributed by atoms with E-state index in [9.17, 15) is 24.0 Å². The lowest BCUT2D eigenvalue weighted by molar-refractivity contribution is -0.197. The first-order valence-electron chi connectivity index (χ1n) is 8.97. The van der Waals surface area contributed by atoms with E-state index in [1.54, 1.807) is 19.0 Å². The maximum absolute atomic E-state index is 12.3. The number of likely N-dealkylation sites (N-methyl/N-ethyl adjacent to an activating group) is 1. The van der Waals surface area contributed by atoms with Crippen molar-refractivity contribution < 1.29 is 28.8 Å². The predicted molar refractivity (Wildman–Crippen MR) is 94.8 cm³/mol. The molecule has 1 unspecified atom stereocenters. The van der Waals surface area contributed by atoms with Crippen LogP contribution in [0.5, 0.6) is 0 Å². The first-order chi connectivity index (χ1) is 12.7. The third kappa shape index (κ3) is 8.16. The molecule has 1 aliphatic rings. The van der Waals surface area contributed by atoms with Crippen LogP contribution in [0.25, 0.3) is 0 Å². The number of carbonyl (C=O) groups excluding carboxylic acids is 5. The van der Waals surface area contributed by atoms with Gasteiger partial charge >= 0.3 is 5.97 Å². The number of nitrogens with one attached hydrogen (secondary N) is 2. The molecule has 1 heterocycles. The van der Waals surface area contributed by atoms with Crippen molar-refractivity contribution in [3.8, 4) is 0 Å². The van der Waals surface area contributed by atoms with Gasteiger partial charge in [-0.1, -0.05) is 0 Å². The number of hydrogen-bond donors (Lipinski definition) is 2. The molecule has 0 spiro atoms. The van der Waals surface area contributed by atoms with Crippen LogP contribution in [0.15, 0.2) is 0 Å². The molecule has 1 aliphatic heterocycles. The smallest absolute Gasteiger partial charge is 0.334 e. The summed E-state index contributed by atoms with van der Waals surface area (Å²) in [5.41, 5.74) is 0. The molecule has 27 heavy (non-hydrogen) atoms. The van der Waals surface area contributed by atoms with Crippen molar-refractivity contribution in [2.75, 3.05) is 27.2 Å². The predicted octanol–water partition coefficient (Wildman–Crippen LogP) is -0.663. The lowest BCUT2D eigenvalue weighted by atomic mass is 10.1. The van der Waals surface area contributed by atoms with Gasteiger partial charge in [-0.25, -0.2) is 4.79 Å². The molecule has 10 heteroatoms. The summed E-state index contributed by atoms with van der Waals surface area (Å²) in [5, 5.41) is 5.85. The number of nitrogens with zero attached hydrogens (tertiary/aromatic N) is 2. The second-order valence-corrected chi connectivity index (χ2v) is 6.54. The number of rotatable bonds is 11. The van der Waals surface area contributed by atoms with Crippen LogP contribution in [0.4, 0.5) is 0 Å². The number of amides is 4. The van der Waals surface area contributed by atoms with Crippen LogP contribution in [-0.4, -0.2) is 72.8 Å². The Labute approximate surface area is 158 Å². The van der Waals surface area contributed by atoms with Crippen LogP contribution < -0.4 is 10.6 Å². The van der Waals surface area contributed by atoms with Crippen molar-refractivity contribution in [1.29, 1.82) is 0 Å². The van der Waals surface area contributed by atoms with Crippen LogP contribution in [0.2, 0.25) is 0 Å². The minimum absolute atomic E-state index is 0.0370. The molecule has 4 amide bonds. The average Bonchev–Trinajstić information content (AvgIpc) is 2.89. The summed E-state index contributed by atoms with van der Waals surface area (Å²) < 4.78 is 0. The Kier molecular flexibility index (Phi) is 9.41. The van der Waals surface area contributed by atoms with E-state index in [4.69, 9.17) is 4.84 Å². The van der Waals surface area contributed by atoms with Crippen molar-refractivity contribution in [3.05, 3.63) is 0 Å². The lowest BCUT2D eigenvalue weighted by Gasteiger charge is -2.23. The quantitative estimate of drug-likeness (QED) is 0.273. The SMILES string of the molecule is CN(C)C(CC[13CH2][13CH2]N[13C]([13CH3])=O)C(=O)NCCC(=O)ON1C(=O)CCC1=O. The number of carbonyl (C=O) groups is 5. The Morgan fingerprint density at radius 3 is 2.26 bits per heavy atom. The van der Waals surface area contributed by atoms with Gasteiger partial charge in [0.2, 0.25) is 11.8 Å². The fourth-order valence-corrected chi connectivity index (χ4v) is 2.56. The maximum atomic E-state index is 12.3. The topological polar surface area (TPSA) is 125 Å². The highest BCUT2D eigenvalue weighted by molar-refractivity contribution is 6.01. The first-order valence-corrected chi connectivity index (χ1v) is 8.97. The summed E-state index contributed by atoms with van der Waals surface area (Å²) in [4.78, 5) is 64.1. The molecule has 2 N–H and O–H groups in total. The molecule has 0 aliphatic carbocycles. The van der Waals surface area contributed by atoms with Crippen LogP contribution in [0.1, 0.15) is 45.4 Å². The minimum atomic E-state index is -0.754. The van der Waals surface area contributed by atoms with Gasteiger partial charge in [0.15, 0.2) is 0 Å². The summed E-state index contributed by atoms with van der Waals surface area (Å²) in [6, 6.07) is -0.361. The van der Waals surface area contributed by atoms with Gasteiger partial charge in [0.25, 0.3) is 11.8 Å². The van der Waals surface area contributed by atoms with Gasteiger partial charge < -0.3 is 15.5 Å². The van der Waals surface area contributed by atoms with Gasteiger partial charge in [0.05, 0.1) is 12.5 Å². The highest BCUT2D eigenvalue weighted by atomic mass is 16.7. The minimum Gasteiger partial charge on any atom is -0.356 e. The van der Waals surface area contributed by atoms with E-state index in [0.717, 1.165) is 12.8 Å². The molecule has 1 saturated heterocycles. The molecule has 1 rings (SSSR count). The van der Waals surface area contributed by atoms with E-state index in [0.29, 0.717) is 18.0 Å². The number of hydrogen-bond acceptors (Lipinski definition) is 7. The van der Waals surface area contributed by atoms with Gasteiger partial charge in [-0.3, -0.25) is 24.1 Å². The molecule has 0 bridgehead atoms. The summed E-state index contributed by atoms with van der Waals surface area (Å²) in [6.07, 6.45) is 2.06. The molecule has 1 fully saturated rings. The van der Waals surface area contributed by atoms with E-state index >= 15 is 0 Å². The Balaban J connectivity index is 2.30. The largest absolute Gasteiger partial charge is 0.356 e. The van der Waals surface area contributed by atoms with E-state index in [2.05, 4.69) is 10.6 Å². The molecule has 0 aromatic rings. The second-order valence-electron chi connectivity index (χ2n) is 6.54. The van der Waals surface area contributed by atoms with Crippen molar-refractivity contribution in [1.82, 2.24) is 20.6 Å². The van der Waals surface area contributed by atoms with E-state index in [1.165, 1.54) is 6.92 Å². The van der Waals surface area contributed by atoms with Crippen molar-refractivity contribution in [2.45, 2.75) is 51.5 Å². The number of imide groups is 1. The Hall–Kier alpha value is -2.49. The monoisotopic (exact) mass is 388 g/mol. The molecule has 0 aromatic carbocycles. The van der Waals surface area contributed by atoms with Crippen LogP contribution >= 0.6 is 0 Å². The molecule has 0 aromatic heterocycles. The molecule has 10 nitrogen and oxygen atoms in total. The third-order valence-corrected chi connectivity index (χ3v) is 4.03. The first kappa shape index (κ1) is 22.6. The molecule has 152 valence electrons. The average molecular weight is 388 g/mol. The number of unbranched alkanes of at least 4 members (excludes halogenated alkanes) is 1. The van der Waals surface area contributed by atoms with Crippen LogP contribution in [0, 0.1) is 0 Å². The van der Waals surface area contributed by atoms with Gasteiger partial charge in [-0.05, 0) is 33.4 Å². The van der Waals surface area contributed by atoms with Crippen molar-refractivity contribution in [3.63, 3.8) is 0 Å². The molecular weight excluding hydrogens is 360 g/mol. The highest BCUT2D eigenvalue weighted by Crippen LogP contribution is 2.12. The van der Waals surface area contributed by atoms with Crippen molar-refractivity contribution in [2.24, 2.45) is 0 Å². The summed E-state index contributed by atoms with van der Waals surface area (Å²) in [5.74, 6) is -2.13. The fourth-order valence-electron chi connectivity index (χ4n) is 2.56. The summed E-state index contributed by atoms with van der Waals surface area (Å²) >= 11 is 0. The molecule has 1 atom stereocenters. The zero-order valence-electron chi connectivity index (χ0n) is 16.1. The molecule has 0 saturated carbocycles. The zero-order valence-corrected chi connectivity index (χ0v) is 16.1. The maximum Gasteiger partial charge on any atom is 0.334 e. The van der Waals surface area contributed by atoms with E-state index in [-0.39, 0.29) is 43.7 Å². The van der Waals surface area contributed by atoms with Gasteiger partial charge in [-0.2, -0.15) is 0 Å². The standard InChI is InChI=1S/C17H28N4O6/c1-12(22)18-10-5-4-6-13(20(2)3)17(26)19-11-9-16(25)27-21-14(23)7-8-15(21)24/h13H,4-11H2,1-3H3,(H,18,22)(H,19,26)/i1+1,5+1,10+1,12+1. The lowest BCUT2D eigenvalue weighted by Crippen LogP contribution is -2.44. The van der Waals surface area contributed by atoms with Crippen LogP contribution in [-0.2, 0) is 28.8 Å². The normalized spacial score (nSPS) is 15.0. The second kappa shape index (κ2) is 11.3. The molecular formula is C17H28N4O6. The summed E-state index contributed by atoms with van der Waals surface area (Å²) in [6.45, 7) is 2.07. The zero-order chi connectivity index (χ0) is 20.4. The van der Waals surface area contributed by atoms with E-state index < -0.39 is 17.8 Å². The van der Waals surface area contributed by atoms with E-state index in [1.807, 2.05) is 0 Å². The van der Waals surface area contributed by atoms with Crippen LogP contribution in [0.3, 0.4) is 0 Å². The molecule has 0 radical (unpaired) electrons. The van der Waals surface area contributed by atoms with Crippen molar-refractivity contribution >= 4 is 29.6 Å². The third-order valence-electron chi connectivity index (χ3n) is 4.03. The highest BCUT2D eigenvalue weighted by Gasteiger charge is 2.32. The fraction of sp³-hybridized carbons (Fsp3) is 0.706. The Morgan fingerprint density at radius 2 is 1.70 bits per heavy atom. The number of hydroxylamine groups is 2.